The van der Waals surface area contributed by atoms with E-state index in [9.17, 15) is 0 Å². The zero-order valence-corrected chi connectivity index (χ0v) is 13.4. The van der Waals surface area contributed by atoms with Crippen molar-refractivity contribution in [2.24, 2.45) is 0 Å². The van der Waals surface area contributed by atoms with Gasteiger partial charge < -0.3 is 5.32 Å². The van der Waals surface area contributed by atoms with Crippen molar-refractivity contribution in [1.82, 2.24) is 10.3 Å². The van der Waals surface area contributed by atoms with Crippen molar-refractivity contribution < 1.29 is 0 Å². The van der Waals surface area contributed by atoms with Crippen LogP contribution < -0.4 is 5.32 Å². The molecule has 1 aliphatic heterocycles. The second-order valence-electron chi connectivity index (χ2n) is 4.66. The predicted octanol–water partition coefficient (Wildman–Crippen LogP) is 3.28. The summed E-state index contributed by atoms with van der Waals surface area (Å²) in [7, 11) is 2.08. The fraction of sp³-hybridized carbons (Fsp3) is 0.500. The molecule has 2 unspecified atom stereocenters. The molecule has 0 amide bonds. The lowest BCUT2D eigenvalue weighted by Crippen LogP contribution is -2.40. The maximum absolute atomic E-state index is 4.76. The molecule has 1 aromatic heterocycles. The van der Waals surface area contributed by atoms with E-state index >= 15 is 0 Å². The fourth-order valence-electron chi connectivity index (χ4n) is 2.35. The Hall–Kier alpha value is -0.230. The molecular formula is C14H18N2S3. The van der Waals surface area contributed by atoms with Crippen LogP contribution in [0.15, 0.2) is 24.3 Å². The summed E-state index contributed by atoms with van der Waals surface area (Å²) in [5.41, 5.74) is 1.14. The number of nitrogens with one attached hydrogen (secondary N) is 1. The lowest BCUT2D eigenvalue weighted by Gasteiger charge is -2.28. The van der Waals surface area contributed by atoms with E-state index in [1.165, 1.54) is 27.0 Å². The van der Waals surface area contributed by atoms with E-state index in [2.05, 4.69) is 60.2 Å². The Morgan fingerprint density at radius 1 is 1.37 bits per heavy atom. The third-order valence-corrected chi connectivity index (χ3v) is 7.37. The van der Waals surface area contributed by atoms with Gasteiger partial charge in [-0.05, 0) is 19.2 Å². The van der Waals surface area contributed by atoms with E-state index in [1.54, 1.807) is 0 Å². The second-order valence-corrected chi connectivity index (χ2v) is 8.27. The largest absolute Gasteiger partial charge is 0.315 e. The summed E-state index contributed by atoms with van der Waals surface area (Å²) in [5.74, 6) is 3.85. The number of fused-ring (bicyclic) bond motifs is 1. The summed E-state index contributed by atoms with van der Waals surface area (Å²) < 4.78 is 1.30. The summed E-state index contributed by atoms with van der Waals surface area (Å²) in [6.07, 6.45) is 1.05. The molecule has 2 atom stereocenters. The number of hydrogen-bond acceptors (Lipinski definition) is 5. The van der Waals surface area contributed by atoms with Gasteiger partial charge in [0.05, 0.1) is 15.2 Å². The van der Waals surface area contributed by atoms with Gasteiger partial charge in [0.25, 0.3) is 0 Å². The first-order chi connectivity index (χ1) is 9.36. The zero-order chi connectivity index (χ0) is 13.1. The number of rotatable bonds is 4. The molecule has 5 heteroatoms. The van der Waals surface area contributed by atoms with Gasteiger partial charge in [-0.2, -0.15) is 23.5 Å². The van der Waals surface area contributed by atoms with Crippen LogP contribution in [0.4, 0.5) is 0 Å². The van der Waals surface area contributed by atoms with Gasteiger partial charge in [-0.3, -0.25) is 0 Å². The first-order valence-electron chi connectivity index (χ1n) is 6.58. The molecule has 3 rings (SSSR count). The molecule has 2 aromatic rings. The number of thioether (sulfide) groups is 2. The van der Waals surface area contributed by atoms with E-state index in [4.69, 9.17) is 4.98 Å². The standard InChI is InChI=1S/C14H18N2S3/c1-15-11(13-9-17-6-7-18-13)8-14-16-10-4-2-3-5-12(10)19-14/h2-5,11,13,15H,6-9H2,1H3. The van der Waals surface area contributed by atoms with Crippen LogP contribution in [0.1, 0.15) is 5.01 Å². The summed E-state index contributed by atoms with van der Waals surface area (Å²) in [5, 5.41) is 5.48. The highest BCUT2D eigenvalue weighted by Crippen LogP contribution is 2.29. The molecule has 1 fully saturated rings. The molecular weight excluding hydrogens is 292 g/mol. The van der Waals surface area contributed by atoms with Gasteiger partial charge in [0.2, 0.25) is 0 Å². The van der Waals surface area contributed by atoms with E-state index in [-0.39, 0.29) is 0 Å². The highest BCUT2D eigenvalue weighted by Gasteiger charge is 2.24. The van der Waals surface area contributed by atoms with Crippen LogP contribution in [-0.2, 0) is 6.42 Å². The SMILES string of the molecule is CNC(Cc1nc2ccccc2s1)C1CSCCS1. The molecule has 1 aliphatic rings. The smallest absolute Gasteiger partial charge is 0.0954 e. The Kier molecular flexibility index (Phi) is 4.69. The van der Waals surface area contributed by atoms with Gasteiger partial charge in [-0.1, -0.05) is 12.1 Å². The molecule has 0 radical (unpaired) electrons. The Bertz CT molecular complexity index is 501. The number of likely N-dealkylation sites (N-methyl/N-ethyl adjacent to an activating group) is 1. The van der Waals surface area contributed by atoms with E-state index < -0.39 is 0 Å². The average molecular weight is 311 g/mol. The third kappa shape index (κ3) is 3.27. The average Bonchev–Trinajstić information content (AvgIpc) is 2.88. The first kappa shape index (κ1) is 13.7. The minimum absolute atomic E-state index is 0.540. The molecule has 102 valence electrons. The van der Waals surface area contributed by atoms with Gasteiger partial charge in [0, 0.05) is 35.0 Å². The van der Waals surface area contributed by atoms with Crippen LogP contribution in [0.3, 0.4) is 0 Å². The van der Waals surface area contributed by atoms with E-state index in [1.807, 2.05) is 11.3 Å². The van der Waals surface area contributed by atoms with Crippen LogP contribution in [0, 0.1) is 0 Å². The van der Waals surface area contributed by atoms with Gasteiger partial charge in [0.1, 0.15) is 0 Å². The van der Waals surface area contributed by atoms with Gasteiger partial charge in [-0.15, -0.1) is 11.3 Å². The van der Waals surface area contributed by atoms with Crippen LogP contribution in [0.25, 0.3) is 10.2 Å². The van der Waals surface area contributed by atoms with Crippen molar-refractivity contribution in [3.63, 3.8) is 0 Å². The van der Waals surface area contributed by atoms with Crippen LogP contribution in [0.5, 0.6) is 0 Å². The number of hydrogen-bond donors (Lipinski definition) is 1. The lowest BCUT2D eigenvalue weighted by molar-refractivity contribution is 0.556. The summed E-state index contributed by atoms with van der Waals surface area (Å²) in [4.78, 5) is 4.76. The fourth-order valence-corrected chi connectivity index (χ4v) is 6.31. The second kappa shape index (κ2) is 6.48. The van der Waals surface area contributed by atoms with Crippen molar-refractivity contribution in [2.45, 2.75) is 17.7 Å². The zero-order valence-electron chi connectivity index (χ0n) is 11.0. The van der Waals surface area contributed by atoms with Crippen molar-refractivity contribution >= 4 is 45.1 Å². The van der Waals surface area contributed by atoms with Crippen LogP contribution in [-0.4, -0.2) is 40.6 Å². The normalized spacial score (nSPS) is 21.6. The van der Waals surface area contributed by atoms with Crippen molar-refractivity contribution in [1.29, 1.82) is 0 Å². The van der Waals surface area contributed by atoms with E-state index in [0.29, 0.717) is 6.04 Å². The molecule has 2 nitrogen and oxygen atoms in total. The maximum Gasteiger partial charge on any atom is 0.0954 e. The number of nitrogens with zero attached hydrogens (tertiary/aromatic N) is 1. The molecule has 19 heavy (non-hydrogen) atoms. The number of benzene rings is 1. The summed E-state index contributed by atoms with van der Waals surface area (Å²) in [6.45, 7) is 0. The Morgan fingerprint density at radius 2 is 2.26 bits per heavy atom. The maximum atomic E-state index is 4.76. The third-order valence-electron chi connectivity index (χ3n) is 3.39. The van der Waals surface area contributed by atoms with Gasteiger partial charge in [0.15, 0.2) is 0 Å². The van der Waals surface area contributed by atoms with Gasteiger partial charge in [-0.25, -0.2) is 4.98 Å². The predicted molar refractivity (Wildman–Crippen MR) is 89.7 cm³/mol. The number of thiazole rings is 1. The van der Waals surface area contributed by atoms with Crippen LogP contribution >= 0.6 is 34.9 Å². The van der Waals surface area contributed by atoms with Crippen LogP contribution in [0.2, 0.25) is 0 Å². The lowest BCUT2D eigenvalue weighted by atomic mass is 10.1. The molecule has 0 bridgehead atoms. The Morgan fingerprint density at radius 3 is 3.00 bits per heavy atom. The highest BCUT2D eigenvalue weighted by atomic mass is 32.2. The monoisotopic (exact) mass is 310 g/mol. The molecule has 0 saturated carbocycles. The number of aromatic nitrogens is 1. The minimum atomic E-state index is 0.540. The Balaban J connectivity index is 1.74. The number of para-hydroxylation sites is 1. The molecule has 2 heterocycles. The van der Waals surface area contributed by atoms with Gasteiger partial charge >= 0.3 is 0 Å². The molecule has 0 spiro atoms. The quantitative estimate of drug-likeness (QED) is 0.937. The molecule has 1 N–H and O–H groups in total. The highest BCUT2D eigenvalue weighted by molar-refractivity contribution is 8.06. The summed E-state index contributed by atoms with van der Waals surface area (Å²) >= 11 is 6.04. The Labute approximate surface area is 126 Å². The minimum Gasteiger partial charge on any atom is -0.315 e. The van der Waals surface area contributed by atoms with Crippen molar-refractivity contribution in [3.05, 3.63) is 29.3 Å². The molecule has 1 aromatic carbocycles. The van der Waals surface area contributed by atoms with Crippen molar-refractivity contribution in [3.8, 4) is 0 Å². The summed E-state index contributed by atoms with van der Waals surface area (Å²) in [6, 6.07) is 8.96. The van der Waals surface area contributed by atoms with Crippen molar-refractivity contribution in [2.75, 3.05) is 24.3 Å². The first-order valence-corrected chi connectivity index (χ1v) is 9.60. The van der Waals surface area contributed by atoms with E-state index in [0.717, 1.165) is 17.2 Å². The molecule has 0 aliphatic carbocycles. The molecule has 1 saturated heterocycles. The topological polar surface area (TPSA) is 24.9 Å².